The fraction of sp³-hybridized carbons (Fsp3) is 0.0435. The van der Waals surface area contributed by atoms with Crippen LogP contribution in [-0.4, -0.2) is 9.52 Å². The number of hydrogen-bond acceptors (Lipinski definition) is 0. The maximum atomic E-state index is 2.30. The van der Waals surface area contributed by atoms with Gasteiger partial charge >= 0.3 is 21.7 Å². The summed E-state index contributed by atoms with van der Waals surface area (Å²) in [6, 6.07) is 31.2. The SMILES string of the molecule is C(C=Cc1ccccc1)=Cc1ccccc1.C[SiH2]c1ccccc1.[Ti+2]. The van der Waals surface area contributed by atoms with Gasteiger partial charge in [-0.15, -0.1) is 0 Å². The predicted molar refractivity (Wildman–Crippen MR) is 111 cm³/mol. The molecule has 25 heavy (non-hydrogen) atoms. The van der Waals surface area contributed by atoms with Gasteiger partial charge in [0, 0.05) is 0 Å². The first kappa shape index (κ1) is 21.1. The molecule has 0 N–H and O–H groups in total. The molecule has 0 fully saturated rings. The summed E-state index contributed by atoms with van der Waals surface area (Å²) in [5.41, 5.74) is 2.44. The van der Waals surface area contributed by atoms with Crippen LogP contribution in [-0.2, 0) is 21.7 Å². The van der Waals surface area contributed by atoms with Gasteiger partial charge in [-0.2, -0.15) is 0 Å². The molecule has 0 heterocycles. The molecular formula is C23H24SiTi+2. The summed E-state index contributed by atoms with van der Waals surface area (Å²) in [5, 5.41) is 1.55. The molecule has 0 spiro atoms. The van der Waals surface area contributed by atoms with Crippen LogP contribution in [0.5, 0.6) is 0 Å². The average Bonchev–Trinajstić information content (AvgIpc) is 2.68. The van der Waals surface area contributed by atoms with Crippen molar-refractivity contribution in [1.82, 2.24) is 0 Å². The first-order valence-electron chi connectivity index (χ1n) is 8.37. The smallest absolute Gasteiger partial charge is 0.0708 e. The largest absolute Gasteiger partial charge is 2.00 e. The van der Waals surface area contributed by atoms with E-state index in [1.54, 1.807) is 5.19 Å². The molecule has 0 saturated carbocycles. The second-order valence-electron chi connectivity index (χ2n) is 5.38. The second kappa shape index (κ2) is 13.4. The van der Waals surface area contributed by atoms with Crippen LogP contribution in [0, 0.1) is 0 Å². The number of benzene rings is 3. The Kier molecular flexibility index (Phi) is 11.3. The quantitative estimate of drug-likeness (QED) is 0.447. The van der Waals surface area contributed by atoms with Gasteiger partial charge in [0.05, 0.1) is 9.52 Å². The molecule has 3 aromatic carbocycles. The monoisotopic (exact) mass is 376 g/mol. The van der Waals surface area contributed by atoms with Gasteiger partial charge in [-0.25, -0.2) is 0 Å². The van der Waals surface area contributed by atoms with Crippen molar-refractivity contribution >= 4 is 26.9 Å². The van der Waals surface area contributed by atoms with Crippen LogP contribution in [0.15, 0.2) is 103 Å². The van der Waals surface area contributed by atoms with Crippen LogP contribution in [0.2, 0.25) is 6.55 Å². The van der Waals surface area contributed by atoms with Crippen LogP contribution >= 0.6 is 0 Å². The summed E-state index contributed by atoms with van der Waals surface area (Å²) in [7, 11) is 0.0913. The fourth-order valence-electron chi connectivity index (χ4n) is 2.18. The Labute approximate surface area is 169 Å². The first-order valence-corrected chi connectivity index (χ1v) is 10.5. The molecule has 0 aliphatic rings. The van der Waals surface area contributed by atoms with E-state index >= 15 is 0 Å². The molecule has 0 amide bonds. The molecular weight excluding hydrogens is 352 g/mol. The predicted octanol–water partition coefficient (Wildman–Crippen LogP) is 4.94. The summed E-state index contributed by atoms with van der Waals surface area (Å²) in [5.74, 6) is 0. The minimum absolute atomic E-state index is 0. The molecule has 0 saturated heterocycles. The van der Waals surface area contributed by atoms with E-state index < -0.39 is 0 Å². The Balaban J connectivity index is 0.000000295. The summed E-state index contributed by atoms with van der Waals surface area (Å²) in [6.45, 7) is 2.30. The number of allylic oxidation sites excluding steroid dienone is 2. The van der Waals surface area contributed by atoms with E-state index in [1.165, 1.54) is 11.1 Å². The Morgan fingerprint density at radius 2 is 0.920 bits per heavy atom. The molecule has 0 radical (unpaired) electrons. The third-order valence-corrected chi connectivity index (χ3v) is 4.83. The summed E-state index contributed by atoms with van der Waals surface area (Å²) in [6.07, 6.45) is 8.31. The molecule has 2 heteroatoms. The van der Waals surface area contributed by atoms with Crippen LogP contribution in [0.4, 0.5) is 0 Å². The zero-order chi connectivity index (χ0) is 16.9. The second-order valence-corrected chi connectivity index (χ2v) is 6.90. The molecule has 0 aliphatic carbocycles. The van der Waals surface area contributed by atoms with Gasteiger partial charge in [0.15, 0.2) is 0 Å². The first-order chi connectivity index (χ1) is 11.9. The van der Waals surface area contributed by atoms with Gasteiger partial charge in [-0.3, -0.25) is 0 Å². The van der Waals surface area contributed by atoms with E-state index in [9.17, 15) is 0 Å². The van der Waals surface area contributed by atoms with Crippen LogP contribution < -0.4 is 5.19 Å². The minimum Gasteiger partial charge on any atom is -0.0708 e. The number of rotatable bonds is 4. The van der Waals surface area contributed by atoms with E-state index in [0.717, 1.165) is 0 Å². The van der Waals surface area contributed by atoms with Crippen molar-refractivity contribution in [2.45, 2.75) is 6.55 Å². The zero-order valence-corrected chi connectivity index (χ0v) is 17.7. The van der Waals surface area contributed by atoms with Crippen molar-refractivity contribution in [2.75, 3.05) is 0 Å². The van der Waals surface area contributed by atoms with E-state index in [0.29, 0.717) is 0 Å². The molecule has 0 nitrogen and oxygen atoms in total. The Morgan fingerprint density at radius 1 is 0.560 bits per heavy atom. The van der Waals surface area contributed by atoms with Gasteiger partial charge in [0.2, 0.25) is 0 Å². The maximum Gasteiger partial charge on any atom is 2.00 e. The Morgan fingerprint density at radius 3 is 1.24 bits per heavy atom. The minimum atomic E-state index is 0. The summed E-state index contributed by atoms with van der Waals surface area (Å²) < 4.78 is 0. The van der Waals surface area contributed by atoms with Crippen molar-refractivity contribution in [3.05, 3.63) is 114 Å². The average molecular weight is 376 g/mol. The van der Waals surface area contributed by atoms with Gasteiger partial charge in [-0.05, 0) is 11.1 Å². The molecule has 0 unspecified atom stereocenters. The molecule has 0 atom stereocenters. The molecule has 0 aromatic heterocycles. The third-order valence-electron chi connectivity index (χ3n) is 3.54. The van der Waals surface area contributed by atoms with Crippen LogP contribution in [0.1, 0.15) is 11.1 Å². The molecule has 3 aromatic rings. The van der Waals surface area contributed by atoms with Crippen molar-refractivity contribution in [2.24, 2.45) is 0 Å². The number of hydrogen-bond donors (Lipinski definition) is 0. The molecule has 122 valence electrons. The van der Waals surface area contributed by atoms with Crippen molar-refractivity contribution in [3.63, 3.8) is 0 Å². The van der Waals surface area contributed by atoms with Gasteiger partial charge in [0.1, 0.15) is 0 Å². The molecule has 3 rings (SSSR count). The standard InChI is InChI=1S/C16H14.C7H10Si.Ti/c1-3-9-15(10-4-1)13-7-8-14-16-11-5-2-6-12-16;1-8-7-5-3-2-4-6-7;/h1-14H;2-6H,8H2,1H3;/q;;+2. The van der Waals surface area contributed by atoms with Crippen LogP contribution in [0.3, 0.4) is 0 Å². The van der Waals surface area contributed by atoms with E-state index in [-0.39, 0.29) is 31.2 Å². The van der Waals surface area contributed by atoms with Crippen molar-refractivity contribution in [1.29, 1.82) is 0 Å². The fourth-order valence-corrected chi connectivity index (χ4v) is 2.92. The van der Waals surface area contributed by atoms with E-state index in [1.807, 2.05) is 36.4 Å². The van der Waals surface area contributed by atoms with Crippen molar-refractivity contribution < 1.29 is 21.7 Å². The van der Waals surface area contributed by atoms with Gasteiger partial charge in [-0.1, -0.05) is 127 Å². The zero-order valence-electron chi connectivity index (χ0n) is 14.7. The maximum absolute atomic E-state index is 2.30. The Bertz CT molecular complexity index is 687. The summed E-state index contributed by atoms with van der Waals surface area (Å²) in [4.78, 5) is 0. The molecule has 0 bridgehead atoms. The normalized spacial score (nSPS) is 10.6. The van der Waals surface area contributed by atoms with Gasteiger partial charge in [0.25, 0.3) is 0 Å². The van der Waals surface area contributed by atoms with Crippen LogP contribution in [0.25, 0.3) is 12.2 Å². The topological polar surface area (TPSA) is 0 Å². The van der Waals surface area contributed by atoms with E-state index in [4.69, 9.17) is 0 Å². The Hall–Kier alpha value is -1.93. The van der Waals surface area contributed by atoms with Crippen molar-refractivity contribution in [3.8, 4) is 0 Å². The third kappa shape index (κ3) is 9.21. The van der Waals surface area contributed by atoms with E-state index in [2.05, 4.69) is 85.4 Å². The summed E-state index contributed by atoms with van der Waals surface area (Å²) >= 11 is 0. The molecule has 0 aliphatic heterocycles. The van der Waals surface area contributed by atoms with Gasteiger partial charge < -0.3 is 0 Å².